The SMILES string of the molecule is CCCCC(CC)COCC(NC)(C(=O)O)C1CC1. The van der Waals surface area contributed by atoms with Gasteiger partial charge >= 0.3 is 5.97 Å². The minimum absolute atomic E-state index is 0.228. The molecule has 1 aliphatic rings. The fraction of sp³-hybridized carbons (Fsp3) is 0.933. The minimum atomic E-state index is -0.872. The topological polar surface area (TPSA) is 58.6 Å². The van der Waals surface area contributed by atoms with Crippen molar-refractivity contribution in [3.8, 4) is 0 Å². The highest BCUT2D eigenvalue weighted by Gasteiger charge is 2.50. The lowest BCUT2D eigenvalue weighted by Crippen LogP contribution is -2.56. The second-order valence-corrected chi connectivity index (χ2v) is 5.73. The molecule has 0 spiro atoms. The average Bonchev–Trinajstić information content (AvgIpc) is 3.23. The smallest absolute Gasteiger partial charge is 0.326 e. The highest BCUT2D eigenvalue weighted by Crippen LogP contribution is 2.40. The molecule has 112 valence electrons. The van der Waals surface area contributed by atoms with Crippen molar-refractivity contribution in [2.45, 2.75) is 57.9 Å². The number of hydrogen-bond acceptors (Lipinski definition) is 3. The van der Waals surface area contributed by atoms with E-state index in [0.717, 1.165) is 19.3 Å². The highest BCUT2D eigenvalue weighted by atomic mass is 16.5. The molecule has 0 bridgehead atoms. The number of likely N-dealkylation sites (N-methyl/N-ethyl adjacent to an activating group) is 1. The number of ether oxygens (including phenoxy) is 1. The van der Waals surface area contributed by atoms with Crippen LogP contribution in [-0.4, -0.2) is 36.9 Å². The zero-order chi connectivity index (χ0) is 14.3. The summed E-state index contributed by atoms with van der Waals surface area (Å²) in [5.74, 6) is 0.00679. The van der Waals surface area contributed by atoms with E-state index >= 15 is 0 Å². The van der Waals surface area contributed by atoms with E-state index in [-0.39, 0.29) is 12.5 Å². The molecule has 4 nitrogen and oxygen atoms in total. The van der Waals surface area contributed by atoms with E-state index in [1.807, 2.05) is 0 Å². The van der Waals surface area contributed by atoms with Gasteiger partial charge in [0.2, 0.25) is 0 Å². The fourth-order valence-electron chi connectivity index (χ4n) is 2.60. The molecule has 0 aromatic rings. The summed E-state index contributed by atoms with van der Waals surface area (Å²) in [7, 11) is 1.73. The number of carbonyl (C=O) groups is 1. The number of nitrogens with one attached hydrogen (secondary N) is 1. The molecule has 0 saturated heterocycles. The van der Waals surface area contributed by atoms with Gasteiger partial charge in [0.05, 0.1) is 6.61 Å². The normalized spacial score (nSPS) is 19.9. The van der Waals surface area contributed by atoms with Crippen molar-refractivity contribution in [3.63, 3.8) is 0 Å². The van der Waals surface area contributed by atoms with Gasteiger partial charge in [-0.25, -0.2) is 0 Å². The van der Waals surface area contributed by atoms with E-state index in [0.29, 0.717) is 12.5 Å². The van der Waals surface area contributed by atoms with Crippen LogP contribution in [0.25, 0.3) is 0 Å². The predicted octanol–water partition coefficient (Wildman–Crippen LogP) is 2.67. The second kappa shape index (κ2) is 7.85. The Hall–Kier alpha value is -0.610. The fourth-order valence-corrected chi connectivity index (χ4v) is 2.60. The molecular formula is C15H29NO3. The lowest BCUT2D eigenvalue weighted by molar-refractivity contribution is -0.149. The molecule has 4 heteroatoms. The summed E-state index contributed by atoms with van der Waals surface area (Å²) in [6, 6.07) is 0. The maximum Gasteiger partial charge on any atom is 0.326 e. The number of hydrogen-bond donors (Lipinski definition) is 2. The maximum atomic E-state index is 11.5. The third-order valence-electron chi connectivity index (χ3n) is 4.33. The standard InChI is InChI=1S/C15H29NO3/c1-4-6-7-12(5-2)10-19-11-15(16-3,14(17)18)13-8-9-13/h12-13,16H,4-11H2,1-3H3,(H,17,18). The molecule has 2 unspecified atom stereocenters. The summed E-state index contributed by atoms with van der Waals surface area (Å²) in [6.45, 7) is 5.33. The summed E-state index contributed by atoms with van der Waals surface area (Å²) in [5.41, 5.74) is -0.872. The van der Waals surface area contributed by atoms with Crippen LogP contribution in [0.5, 0.6) is 0 Å². The third-order valence-corrected chi connectivity index (χ3v) is 4.33. The average molecular weight is 271 g/mol. The summed E-state index contributed by atoms with van der Waals surface area (Å²) in [4.78, 5) is 11.5. The maximum absolute atomic E-state index is 11.5. The number of aliphatic carboxylic acids is 1. The summed E-state index contributed by atoms with van der Waals surface area (Å²) in [6.07, 6.45) is 6.68. The van der Waals surface area contributed by atoms with Crippen molar-refractivity contribution in [2.24, 2.45) is 11.8 Å². The van der Waals surface area contributed by atoms with Crippen LogP contribution in [0.1, 0.15) is 52.4 Å². The van der Waals surface area contributed by atoms with Gasteiger partial charge in [-0.05, 0) is 38.1 Å². The largest absolute Gasteiger partial charge is 0.480 e. The molecule has 2 N–H and O–H groups in total. The van der Waals surface area contributed by atoms with Crippen LogP contribution in [-0.2, 0) is 9.53 Å². The second-order valence-electron chi connectivity index (χ2n) is 5.73. The third kappa shape index (κ3) is 4.46. The Balaban J connectivity index is 2.41. The van der Waals surface area contributed by atoms with Crippen molar-refractivity contribution < 1.29 is 14.6 Å². The van der Waals surface area contributed by atoms with Crippen LogP contribution in [0.2, 0.25) is 0 Å². The molecule has 0 aromatic heterocycles. The first-order valence-electron chi connectivity index (χ1n) is 7.60. The van der Waals surface area contributed by atoms with Gasteiger partial charge in [-0.1, -0.05) is 33.1 Å². The van der Waals surface area contributed by atoms with E-state index in [1.165, 1.54) is 19.3 Å². The van der Waals surface area contributed by atoms with E-state index in [9.17, 15) is 9.90 Å². The van der Waals surface area contributed by atoms with Crippen LogP contribution < -0.4 is 5.32 Å². The Bertz CT molecular complexity index is 279. The van der Waals surface area contributed by atoms with Gasteiger partial charge in [0.25, 0.3) is 0 Å². The quantitative estimate of drug-likeness (QED) is 0.606. The zero-order valence-corrected chi connectivity index (χ0v) is 12.6. The van der Waals surface area contributed by atoms with Crippen molar-refractivity contribution in [3.05, 3.63) is 0 Å². The molecular weight excluding hydrogens is 242 g/mol. The molecule has 2 atom stereocenters. The molecule has 0 radical (unpaired) electrons. The Morgan fingerprint density at radius 2 is 2.16 bits per heavy atom. The van der Waals surface area contributed by atoms with Crippen molar-refractivity contribution in [1.29, 1.82) is 0 Å². The van der Waals surface area contributed by atoms with Crippen LogP contribution in [0.4, 0.5) is 0 Å². The number of rotatable bonds is 11. The van der Waals surface area contributed by atoms with Crippen LogP contribution in [0.3, 0.4) is 0 Å². The molecule has 0 amide bonds. The van der Waals surface area contributed by atoms with Gasteiger partial charge in [-0.15, -0.1) is 0 Å². The minimum Gasteiger partial charge on any atom is -0.480 e. The number of carboxylic acids is 1. The van der Waals surface area contributed by atoms with Gasteiger partial charge in [-0.2, -0.15) is 0 Å². The zero-order valence-electron chi connectivity index (χ0n) is 12.6. The lowest BCUT2D eigenvalue weighted by Gasteiger charge is -2.29. The van der Waals surface area contributed by atoms with E-state index in [2.05, 4.69) is 19.2 Å². The van der Waals surface area contributed by atoms with E-state index in [1.54, 1.807) is 7.05 Å². The van der Waals surface area contributed by atoms with Crippen LogP contribution >= 0.6 is 0 Å². The number of unbranched alkanes of at least 4 members (excludes halogenated alkanes) is 1. The summed E-state index contributed by atoms with van der Waals surface area (Å²) >= 11 is 0. The van der Waals surface area contributed by atoms with Gasteiger partial charge in [0.1, 0.15) is 5.54 Å². The molecule has 0 aromatic carbocycles. The molecule has 1 saturated carbocycles. The van der Waals surface area contributed by atoms with Crippen molar-refractivity contribution in [1.82, 2.24) is 5.32 Å². The van der Waals surface area contributed by atoms with Gasteiger partial charge in [0.15, 0.2) is 0 Å². The first-order chi connectivity index (χ1) is 9.10. The summed E-state index contributed by atoms with van der Waals surface area (Å²) in [5, 5.41) is 12.4. The van der Waals surface area contributed by atoms with Gasteiger partial charge < -0.3 is 15.2 Å². The number of carboxylic acid groups (broad SMARTS) is 1. The Kier molecular flexibility index (Phi) is 6.80. The van der Waals surface area contributed by atoms with E-state index < -0.39 is 11.5 Å². The molecule has 0 heterocycles. The molecule has 1 rings (SSSR count). The van der Waals surface area contributed by atoms with Crippen molar-refractivity contribution >= 4 is 5.97 Å². The monoisotopic (exact) mass is 271 g/mol. The predicted molar refractivity (Wildman–Crippen MR) is 76.3 cm³/mol. The summed E-state index contributed by atoms with van der Waals surface area (Å²) < 4.78 is 5.76. The molecule has 19 heavy (non-hydrogen) atoms. The van der Waals surface area contributed by atoms with Crippen molar-refractivity contribution in [2.75, 3.05) is 20.3 Å². The first kappa shape index (κ1) is 16.4. The molecule has 1 aliphatic carbocycles. The highest BCUT2D eigenvalue weighted by molar-refractivity contribution is 5.80. The first-order valence-corrected chi connectivity index (χ1v) is 7.60. The van der Waals surface area contributed by atoms with Gasteiger partial charge in [0, 0.05) is 6.61 Å². The van der Waals surface area contributed by atoms with Crippen LogP contribution in [0.15, 0.2) is 0 Å². The lowest BCUT2D eigenvalue weighted by atomic mass is 9.94. The Morgan fingerprint density at radius 1 is 1.47 bits per heavy atom. The van der Waals surface area contributed by atoms with Gasteiger partial charge in [-0.3, -0.25) is 4.79 Å². The molecule has 0 aliphatic heterocycles. The molecule has 1 fully saturated rings. The van der Waals surface area contributed by atoms with E-state index in [4.69, 9.17) is 4.74 Å². The Labute approximate surface area is 116 Å². The Morgan fingerprint density at radius 3 is 2.58 bits per heavy atom. The van der Waals surface area contributed by atoms with Crippen LogP contribution in [0, 0.1) is 11.8 Å².